The van der Waals surface area contributed by atoms with Crippen molar-refractivity contribution in [3.63, 3.8) is 0 Å². The highest BCUT2D eigenvalue weighted by molar-refractivity contribution is 7.89. The number of carbonyl (C=O) groups is 1. The second-order valence-corrected chi connectivity index (χ2v) is 9.31. The summed E-state index contributed by atoms with van der Waals surface area (Å²) in [4.78, 5) is 14.8. The van der Waals surface area contributed by atoms with Crippen molar-refractivity contribution in [3.05, 3.63) is 35.4 Å². The molecule has 1 aromatic carbocycles. The maximum absolute atomic E-state index is 13.0. The Hall–Kier alpha value is -1.61. The highest BCUT2D eigenvalue weighted by Gasteiger charge is 2.29. The Bertz CT molecular complexity index is 831. The molecule has 3 rings (SSSR count). The Balaban J connectivity index is 1.95. The first-order chi connectivity index (χ1) is 13.4. The Morgan fingerprint density at radius 3 is 2.46 bits per heavy atom. The number of sulfonamides is 1. The quantitative estimate of drug-likeness (QED) is 0.648. The van der Waals surface area contributed by atoms with E-state index in [1.165, 1.54) is 10.4 Å². The van der Waals surface area contributed by atoms with Crippen LogP contribution in [-0.4, -0.2) is 64.7 Å². The van der Waals surface area contributed by atoms with Gasteiger partial charge in [0.2, 0.25) is 10.0 Å². The summed E-state index contributed by atoms with van der Waals surface area (Å²) in [7, 11) is -3.66. The Morgan fingerprint density at radius 1 is 1.14 bits per heavy atom. The Kier molecular flexibility index (Phi) is 6.98. The maximum atomic E-state index is 13.0. The summed E-state index contributed by atoms with van der Waals surface area (Å²) in [5.41, 5.74) is 0.837. The number of esters is 1. The zero-order valence-electron chi connectivity index (χ0n) is 15.7. The zero-order valence-corrected chi connectivity index (χ0v) is 17.3. The number of morpholine rings is 1. The number of anilines is 1. The van der Waals surface area contributed by atoms with E-state index in [1.54, 1.807) is 12.1 Å². The fourth-order valence-corrected chi connectivity index (χ4v) is 4.99. The summed E-state index contributed by atoms with van der Waals surface area (Å²) in [6.07, 6.45) is 2.72. The lowest BCUT2D eigenvalue weighted by molar-refractivity contribution is 0.0545. The number of hydrogen-bond acceptors (Lipinski definition) is 6. The fourth-order valence-electron chi connectivity index (χ4n) is 3.40. The van der Waals surface area contributed by atoms with Crippen LogP contribution in [0.5, 0.6) is 0 Å². The average Bonchev–Trinajstić information content (AvgIpc) is 2.72. The zero-order chi connectivity index (χ0) is 20.1. The summed E-state index contributed by atoms with van der Waals surface area (Å²) in [5.74, 6) is -0.626. The standard InChI is InChI=1S/C19H25ClN2O5S/c1-15(20)14-27-19(23)17-13-16(28(24,25)22-7-3-2-4-8-22)5-6-18(17)21-9-11-26-12-10-21/h5-6,13H,1-4,7-12,14H2. The largest absolute Gasteiger partial charge is 0.456 e. The van der Waals surface area contributed by atoms with Crippen molar-refractivity contribution in [3.8, 4) is 0 Å². The van der Waals surface area contributed by atoms with Gasteiger partial charge in [0.1, 0.15) is 6.61 Å². The van der Waals surface area contributed by atoms with Crippen molar-refractivity contribution in [1.82, 2.24) is 4.31 Å². The molecular weight excluding hydrogens is 404 g/mol. The fraction of sp³-hybridized carbons (Fsp3) is 0.526. The third kappa shape index (κ3) is 4.86. The summed E-state index contributed by atoms with van der Waals surface area (Å²) in [6.45, 7) is 6.68. The SMILES string of the molecule is C=C(Cl)COC(=O)c1cc(S(=O)(=O)N2CCCCC2)ccc1N1CCOCC1. The second-order valence-electron chi connectivity index (χ2n) is 6.84. The molecule has 2 aliphatic rings. The molecule has 154 valence electrons. The number of ether oxygens (including phenoxy) is 2. The molecule has 0 unspecified atom stereocenters. The number of benzene rings is 1. The van der Waals surface area contributed by atoms with Gasteiger partial charge in [-0.15, -0.1) is 0 Å². The van der Waals surface area contributed by atoms with Gasteiger partial charge in [0.05, 0.1) is 29.4 Å². The third-order valence-electron chi connectivity index (χ3n) is 4.85. The lowest BCUT2D eigenvalue weighted by atomic mass is 10.1. The van der Waals surface area contributed by atoms with Gasteiger partial charge in [-0.25, -0.2) is 13.2 Å². The number of carbonyl (C=O) groups excluding carboxylic acids is 1. The number of halogens is 1. The normalized spacial score (nSPS) is 18.7. The van der Waals surface area contributed by atoms with Gasteiger partial charge < -0.3 is 14.4 Å². The van der Waals surface area contributed by atoms with Gasteiger partial charge in [-0.2, -0.15) is 4.31 Å². The van der Waals surface area contributed by atoms with E-state index >= 15 is 0 Å². The number of nitrogens with zero attached hydrogens (tertiary/aromatic N) is 2. The van der Waals surface area contributed by atoms with Gasteiger partial charge in [-0.1, -0.05) is 24.6 Å². The third-order valence-corrected chi connectivity index (χ3v) is 6.86. The molecule has 0 N–H and O–H groups in total. The van der Waals surface area contributed by atoms with E-state index in [2.05, 4.69) is 6.58 Å². The molecule has 0 saturated carbocycles. The molecule has 7 nitrogen and oxygen atoms in total. The summed E-state index contributed by atoms with van der Waals surface area (Å²) < 4.78 is 38.1. The van der Waals surface area contributed by atoms with Gasteiger partial charge in [0.25, 0.3) is 0 Å². The van der Waals surface area contributed by atoms with Gasteiger partial charge in [-0.3, -0.25) is 0 Å². The van der Waals surface area contributed by atoms with Gasteiger partial charge in [0, 0.05) is 31.2 Å². The monoisotopic (exact) mass is 428 g/mol. The van der Waals surface area contributed by atoms with Crippen LogP contribution in [0.15, 0.2) is 34.7 Å². The summed E-state index contributed by atoms with van der Waals surface area (Å²) in [5, 5.41) is 0.193. The number of hydrogen-bond donors (Lipinski definition) is 0. The first kappa shape index (κ1) is 21.1. The van der Waals surface area contributed by atoms with Crippen LogP contribution in [0.25, 0.3) is 0 Å². The predicted octanol–water partition coefficient (Wildman–Crippen LogP) is 2.61. The van der Waals surface area contributed by atoms with Gasteiger partial charge in [0.15, 0.2) is 0 Å². The summed E-state index contributed by atoms with van der Waals surface area (Å²) in [6, 6.07) is 4.65. The van der Waals surface area contributed by atoms with Crippen LogP contribution in [0.4, 0.5) is 5.69 Å². The van der Waals surface area contributed by atoms with Crippen molar-refractivity contribution in [2.45, 2.75) is 24.2 Å². The van der Waals surface area contributed by atoms with E-state index < -0.39 is 16.0 Å². The first-order valence-electron chi connectivity index (χ1n) is 9.37. The van der Waals surface area contributed by atoms with Crippen molar-refractivity contribution >= 4 is 33.3 Å². The van der Waals surface area contributed by atoms with E-state index in [1.807, 2.05) is 4.90 Å². The number of piperidine rings is 1. The van der Waals surface area contributed by atoms with Crippen LogP contribution >= 0.6 is 11.6 Å². The lowest BCUT2D eigenvalue weighted by Crippen LogP contribution is -2.38. The van der Waals surface area contributed by atoms with E-state index in [-0.39, 0.29) is 22.1 Å². The van der Waals surface area contributed by atoms with Crippen LogP contribution < -0.4 is 4.90 Å². The predicted molar refractivity (Wildman–Crippen MR) is 107 cm³/mol. The molecule has 28 heavy (non-hydrogen) atoms. The van der Waals surface area contributed by atoms with E-state index in [9.17, 15) is 13.2 Å². The highest BCUT2D eigenvalue weighted by atomic mass is 35.5. The molecule has 0 bridgehead atoms. The molecule has 0 spiro atoms. The topological polar surface area (TPSA) is 76.2 Å². The van der Waals surface area contributed by atoms with E-state index in [0.29, 0.717) is 45.1 Å². The lowest BCUT2D eigenvalue weighted by Gasteiger charge is -2.31. The molecule has 0 aliphatic carbocycles. The second kappa shape index (κ2) is 9.26. The van der Waals surface area contributed by atoms with Crippen LogP contribution in [0.2, 0.25) is 0 Å². The van der Waals surface area contributed by atoms with Crippen LogP contribution in [0.3, 0.4) is 0 Å². The number of rotatable bonds is 6. The maximum Gasteiger partial charge on any atom is 0.340 e. The minimum absolute atomic E-state index is 0.100. The molecule has 0 radical (unpaired) electrons. The Labute approximate surface area is 170 Å². The molecule has 1 aromatic rings. The molecule has 0 amide bonds. The molecule has 2 aliphatic heterocycles. The average molecular weight is 429 g/mol. The molecule has 2 heterocycles. The molecule has 2 fully saturated rings. The van der Waals surface area contributed by atoms with Crippen LogP contribution in [0.1, 0.15) is 29.6 Å². The van der Waals surface area contributed by atoms with Crippen molar-refractivity contribution in [2.75, 3.05) is 50.9 Å². The molecule has 0 atom stereocenters. The minimum Gasteiger partial charge on any atom is -0.456 e. The highest BCUT2D eigenvalue weighted by Crippen LogP contribution is 2.28. The summed E-state index contributed by atoms with van der Waals surface area (Å²) >= 11 is 5.70. The minimum atomic E-state index is -3.66. The molecule has 9 heteroatoms. The van der Waals surface area contributed by atoms with E-state index in [4.69, 9.17) is 21.1 Å². The van der Waals surface area contributed by atoms with Crippen molar-refractivity contribution in [2.24, 2.45) is 0 Å². The Morgan fingerprint density at radius 2 is 1.82 bits per heavy atom. The van der Waals surface area contributed by atoms with Crippen LogP contribution in [0, 0.1) is 0 Å². The van der Waals surface area contributed by atoms with Gasteiger partial charge in [-0.05, 0) is 31.0 Å². The smallest absolute Gasteiger partial charge is 0.340 e. The van der Waals surface area contributed by atoms with Crippen molar-refractivity contribution in [1.29, 1.82) is 0 Å². The van der Waals surface area contributed by atoms with Gasteiger partial charge >= 0.3 is 5.97 Å². The first-order valence-corrected chi connectivity index (χ1v) is 11.2. The van der Waals surface area contributed by atoms with Crippen LogP contribution in [-0.2, 0) is 19.5 Å². The van der Waals surface area contributed by atoms with Crippen molar-refractivity contribution < 1.29 is 22.7 Å². The molecule has 2 saturated heterocycles. The van der Waals surface area contributed by atoms with E-state index in [0.717, 1.165) is 19.3 Å². The molecule has 0 aromatic heterocycles. The molecular formula is C19H25ClN2O5S.